The van der Waals surface area contributed by atoms with Crippen molar-refractivity contribution in [2.75, 3.05) is 50.1 Å². The number of thiazole rings is 1. The van der Waals surface area contributed by atoms with Crippen LogP contribution in [0.5, 0.6) is 0 Å². The zero-order valence-electron chi connectivity index (χ0n) is 18.7. The normalized spacial score (nSPS) is 19.5. The molecule has 0 radical (unpaired) electrons. The lowest BCUT2D eigenvalue weighted by molar-refractivity contribution is -0.115. The number of aryl methyl sites for hydroxylation is 1. The van der Waals surface area contributed by atoms with Gasteiger partial charge in [0.1, 0.15) is 0 Å². The minimum Gasteiger partial charge on any atom is -0.381 e. The molecule has 11 heteroatoms. The average Bonchev–Trinajstić information content (AvgIpc) is 3.50. The van der Waals surface area contributed by atoms with Gasteiger partial charge in [-0.2, -0.15) is 4.31 Å². The van der Waals surface area contributed by atoms with Crippen LogP contribution in [0.1, 0.15) is 30.5 Å². The van der Waals surface area contributed by atoms with Crippen molar-refractivity contribution in [3.05, 3.63) is 34.3 Å². The standard InChI is InChI=1S/C22H30N4O5S2/c1-2-22-24-16(15-32-22)12-21(27)25-20-13-18(33(28,29)26-7-10-30-11-8-26)5-6-19(20)23-14-17-4-3-9-31-17/h5-6,13,15,17,23H,2-4,7-12,14H2,1H3,(H,25,27). The van der Waals surface area contributed by atoms with Gasteiger partial charge in [0, 0.05) is 31.6 Å². The molecular weight excluding hydrogens is 464 g/mol. The monoisotopic (exact) mass is 494 g/mol. The molecule has 2 saturated heterocycles. The number of aromatic nitrogens is 1. The molecule has 2 aliphatic rings. The van der Waals surface area contributed by atoms with Crippen LogP contribution in [0, 0.1) is 0 Å². The van der Waals surface area contributed by atoms with E-state index in [-0.39, 0.29) is 23.3 Å². The number of nitrogens with one attached hydrogen (secondary N) is 2. The van der Waals surface area contributed by atoms with Crippen molar-refractivity contribution in [3.63, 3.8) is 0 Å². The molecule has 1 unspecified atom stereocenters. The van der Waals surface area contributed by atoms with Gasteiger partial charge in [0.2, 0.25) is 15.9 Å². The Labute approximate surface area is 198 Å². The van der Waals surface area contributed by atoms with Crippen molar-refractivity contribution >= 4 is 38.6 Å². The van der Waals surface area contributed by atoms with E-state index in [1.807, 2.05) is 12.3 Å². The van der Waals surface area contributed by atoms with Crippen LogP contribution in [0.3, 0.4) is 0 Å². The van der Waals surface area contributed by atoms with E-state index < -0.39 is 10.0 Å². The second-order valence-corrected chi connectivity index (χ2v) is 10.9. The number of hydrogen-bond donors (Lipinski definition) is 2. The number of amides is 1. The second-order valence-electron chi connectivity index (χ2n) is 8.05. The fraction of sp³-hybridized carbons (Fsp3) is 0.545. The molecule has 2 aromatic rings. The molecule has 2 aliphatic heterocycles. The SMILES string of the molecule is CCc1nc(CC(=O)Nc2cc(S(=O)(=O)N3CCOCC3)ccc2NCC2CCCO2)cs1. The number of sulfonamides is 1. The summed E-state index contributed by atoms with van der Waals surface area (Å²) in [7, 11) is -3.69. The number of ether oxygens (including phenoxy) is 2. The van der Waals surface area contributed by atoms with Gasteiger partial charge in [-0.3, -0.25) is 4.79 Å². The third-order valence-corrected chi connectivity index (χ3v) is 8.60. The Kier molecular flexibility index (Phi) is 7.97. The minimum absolute atomic E-state index is 0.104. The number of carbonyl (C=O) groups is 1. The molecule has 3 heterocycles. The summed E-state index contributed by atoms with van der Waals surface area (Å²) in [4.78, 5) is 17.4. The van der Waals surface area contributed by atoms with E-state index in [0.717, 1.165) is 30.9 Å². The van der Waals surface area contributed by atoms with E-state index in [2.05, 4.69) is 15.6 Å². The smallest absolute Gasteiger partial charge is 0.243 e. The molecule has 2 N–H and O–H groups in total. The molecule has 0 saturated carbocycles. The molecule has 1 aromatic carbocycles. The fourth-order valence-electron chi connectivity index (χ4n) is 3.86. The summed E-state index contributed by atoms with van der Waals surface area (Å²) >= 11 is 1.53. The van der Waals surface area contributed by atoms with E-state index in [4.69, 9.17) is 9.47 Å². The highest BCUT2D eigenvalue weighted by Gasteiger charge is 2.27. The van der Waals surface area contributed by atoms with Gasteiger partial charge in [-0.15, -0.1) is 11.3 Å². The molecule has 0 aliphatic carbocycles. The molecule has 0 spiro atoms. The van der Waals surface area contributed by atoms with Crippen molar-refractivity contribution in [2.45, 2.75) is 43.6 Å². The molecule has 0 bridgehead atoms. The van der Waals surface area contributed by atoms with Crippen LogP contribution in [-0.4, -0.2) is 69.2 Å². The van der Waals surface area contributed by atoms with Crippen LogP contribution in [0.25, 0.3) is 0 Å². The molecule has 1 amide bonds. The second kappa shape index (κ2) is 10.9. The van der Waals surface area contributed by atoms with Crippen LogP contribution in [0.15, 0.2) is 28.5 Å². The van der Waals surface area contributed by atoms with E-state index in [1.165, 1.54) is 21.7 Å². The maximum atomic E-state index is 13.1. The largest absolute Gasteiger partial charge is 0.381 e. The first kappa shape index (κ1) is 24.1. The topological polar surface area (TPSA) is 110 Å². The summed E-state index contributed by atoms with van der Waals surface area (Å²) in [5, 5.41) is 9.07. The van der Waals surface area contributed by atoms with Crippen LogP contribution >= 0.6 is 11.3 Å². The molecular formula is C22H30N4O5S2. The lowest BCUT2D eigenvalue weighted by Crippen LogP contribution is -2.40. The molecule has 9 nitrogen and oxygen atoms in total. The van der Waals surface area contributed by atoms with Gasteiger partial charge >= 0.3 is 0 Å². The summed E-state index contributed by atoms with van der Waals surface area (Å²) in [6.07, 6.45) is 3.06. The number of rotatable bonds is 9. The Morgan fingerprint density at radius 1 is 1.24 bits per heavy atom. The summed E-state index contributed by atoms with van der Waals surface area (Å²) in [6, 6.07) is 4.81. The van der Waals surface area contributed by atoms with Crippen LogP contribution < -0.4 is 10.6 Å². The van der Waals surface area contributed by atoms with Gasteiger partial charge in [-0.1, -0.05) is 6.92 Å². The lowest BCUT2D eigenvalue weighted by atomic mass is 10.2. The summed E-state index contributed by atoms with van der Waals surface area (Å²) in [6.45, 7) is 4.73. The molecule has 33 heavy (non-hydrogen) atoms. The number of nitrogens with zero attached hydrogens (tertiary/aromatic N) is 2. The van der Waals surface area contributed by atoms with Gasteiger partial charge in [0.15, 0.2) is 0 Å². The van der Waals surface area contributed by atoms with E-state index >= 15 is 0 Å². The maximum Gasteiger partial charge on any atom is 0.243 e. The highest BCUT2D eigenvalue weighted by Crippen LogP contribution is 2.28. The number of hydrogen-bond acceptors (Lipinski definition) is 8. The van der Waals surface area contributed by atoms with Crippen molar-refractivity contribution in [2.24, 2.45) is 0 Å². The van der Waals surface area contributed by atoms with E-state index in [9.17, 15) is 13.2 Å². The molecule has 4 rings (SSSR count). The van der Waals surface area contributed by atoms with Crippen LogP contribution in [-0.2, 0) is 37.1 Å². The Morgan fingerprint density at radius 3 is 2.76 bits per heavy atom. The first-order chi connectivity index (χ1) is 16.0. The average molecular weight is 495 g/mol. The Morgan fingerprint density at radius 2 is 2.06 bits per heavy atom. The lowest BCUT2D eigenvalue weighted by Gasteiger charge is -2.26. The van der Waals surface area contributed by atoms with Gasteiger partial charge < -0.3 is 20.1 Å². The van der Waals surface area contributed by atoms with E-state index in [0.29, 0.717) is 49.9 Å². The number of carbonyl (C=O) groups excluding carboxylic acids is 1. The molecule has 2 fully saturated rings. The quantitative estimate of drug-likeness (QED) is 0.551. The Balaban J connectivity index is 1.54. The fourth-order valence-corrected chi connectivity index (χ4v) is 6.04. The van der Waals surface area contributed by atoms with Crippen molar-refractivity contribution in [1.82, 2.24) is 9.29 Å². The predicted octanol–water partition coefficient (Wildman–Crippen LogP) is 2.50. The molecule has 1 aromatic heterocycles. The number of benzene rings is 1. The minimum atomic E-state index is -3.69. The first-order valence-electron chi connectivity index (χ1n) is 11.3. The van der Waals surface area contributed by atoms with Crippen molar-refractivity contribution in [1.29, 1.82) is 0 Å². The Hall–Kier alpha value is -2.05. The maximum absolute atomic E-state index is 13.1. The molecule has 1 atom stereocenters. The van der Waals surface area contributed by atoms with Crippen molar-refractivity contribution in [3.8, 4) is 0 Å². The van der Waals surface area contributed by atoms with Gasteiger partial charge in [-0.05, 0) is 37.5 Å². The summed E-state index contributed by atoms with van der Waals surface area (Å²) < 4.78 is 38.6. The summed E-state index contributed by atoms with van der Waals surface area (Å²) in [5.74, 6) is -0.246. The zero-order chi connectivity index (χ0) is 23.3. The van der Waals surface area contributed by atoms with Crippen LogP contribution in [0.4, 0.5) is 11.4 Å². The predicted molar refractivity (Wildman–Crippen MR) is 127 cm³/mol. The third kappa shape index (κ3) is 6.10. The zero-order valence-corrected chi connectivity index (χ0v) is 20.3. The van der Waals surface area contributed by atoms with Gasteiger partial charge in [0.25, 0.3) is 0 Å². The number of anilines is 2. The van der Waals surface area contributed by atoms with Gasteiger partial charge in [-0.25, -0.2) is 13.4 Å². The van der Waals surface area contributed by atoms with E-state index in [1.54, 1.807) is 12.1 Å². The molecule has 180 valence electrons. The highest BCUT2D eigenvalue weighted by atomic mass is 32.2. The number of morpholine rings is 1. The summed E-state index contributed by atoms with van der Waals surface area (Å²) in [5.41, 5.74) is 1.80. The van der Waals surface area contributed by atoms with Crippen molar-refractivity contribution < 1.29 is 22.7 Å². The van der Waals surface area contributed by atoms with Crippen LogP contribution in [0.2, 0.25) is 0 Å². The highest BCUT2D eigenvalue weighted by molar-refractivity contribution is 7.89. The Bertz CT molecular complexity index is 1060. The third-order valence-electron chi connectivity index (χ3n) is 5.66. The first-order valence-corrected chi connectivity index (χ1v) is 13.6. The van der Waals surface area contributed by atoms with Gasteiger partial charge in [0.05, 0.1) is 52.7 Å².